The molecule has 1 atom stereocenters. The molecule has 1 saturated carbocycles. The van der Waals surface area contributed by atoms with Gasteiger partial charge in [0.25, 0.3) is 0 Å². The highest BCUT2D eigenvalue weighted by molar-refractivity contribution is 7.12. The van der Waals surface area contributed by atoms with Crippen LogP contribution in [0.4, 0.5) is 13.2 Å². The molecule has 11 heteroatoms. The largest absolute Gasteiger partial charge is 0.542 e. The minimum Gasteiger partial charge on any atom is -0.542 e. The molecule has 2 bridgehead atoms. The highest BCUT2D eigenvalue weighted by Gasteiger charge is 2.51. The molecule has 6 nitrogen and oxygen atoms in total. The molecular weight excluding hydrogens is 551 g/mol. The molecule has 3 aliphatic heterocycles. The summed E-state index contributed by atoms with van der Waals surface area (Å²) < 4.78 is 38.8. The van der Waals surface area contributed by atoms with Gasteiger partial charge in [-0.2, -0.15) is 13.2 Å². The second-order valence-electron chi connectivity index (χ2n) is 11.1. The number of nitrogens with zero attached hydrogens (tertiary/aromatic N) is 1. The molecule has 3 saturated heterocycles. The number of aliphatic carboxylic acids is 1. The molecule has 0 aromatic carbocycles. The first-order valence-corrected chi connectivity index (χ1v) is 15.4. The minimum absolute atomic E-state index is 0.0777. The van der Waals surface area contributed by atoms with E-state index in [1.54, 1.807) is 0 Å². The van der Waals surface area contributed by atoms with Gasteiger partial charge in [0.2, 0.25) is 5.60 Å². The van der Waals surface area contributed by atoms with Crippen molar-refractivity contribution in [2.45, 2.75) is 75.7 Å². The molecule has 0 unspecified atom stereocenters. The number of quaternary nitrogens is 1. The van der Waals surface area contributed by atoms with Crippen molar-refractivity contribution in [1.29, 1.82) is 0 Å². The molecular formula is C28H36F3NO5S2. The fourth-order valence-corrected chi connectivity index (χ4v) is 8.09. The fourth-order valence-electron chi connectivity index (χ4n) is 6.37. The van der Waals surface area contributed by atoms with Crippen LogP contribution in [0, 0.1) is 11.8 Å². The van der Waals surface area contributed by atoms with E-state index in [0.29, 0.717) is 15.7 Å². The summed E-state index contributed by atoms with van der Waals surface area (Å²) in [7, 11) is 0. The van der Waals surface area contributed by atoms with Gasteiger partial charge in [0.15, 0.2) is 6.10 Å². The van der Waals surface area contributed by atoms with Crippen LogP contribution in [0.1, 0.15) is 67.5 Å². The summed E-state index contributed by atoms with van der Waals surface area (Å²) in [6.45, 7) is 4.59. The smallest absolute Gasteiger partial charge is 0.430 e. The van der Waals surface area contributed by atoms with Crippen molar-refractivity contribution in [3.63, 3.8) is 0 Å². The number of alkyl halides is 3. The summed E-state index contributed by atoms with van der Waals surface area (Å²) in [5.41, 5.74) is -1.69. The van der Waals surface area contributed by atoms with E-state index in [1.165, 1.54) is 87.3 Å². The third-order valence-electron chi connectivity index (χ3n) is 8.55. The van der Waals surface area contributed by atoms with Crippen molar-refractivity contribution in [3.05, 3.63) is 44.8 Å². The number of carbonyl (C=O) groups excluding carboxylic acids is 2. The Kier molecular flexibility index (Phi) is 9.78. The van der Waals surface area contributed by atoms with Gasteiger partial charge in [-0.3, -0.25) is 0 Å². The first-order chi connectivity index (χ1) is 18.5. The summed E-state index contributed by atoms with van der Waals surface area (Å²) in [5, 5.41) is 24.2. The first-order valence-electron chi connectivity index (χ1n) is 13.7. The van der Waals surface area contributed by atoms with Crippen LogP contribution in [0.25, 0.3) is 0 Å². The maximum atomic E-state index is 13.5. The standard InChI is InChI=1S/C26H36NO3S2.C2HF3O2/c28-25(26(29,23-10-5-17-31-23)24-11-6-18-32-24)30-22-19-27(15-12-21(22)13-16-27)14-4-9-20-7-2-1-3-8-20;3-2(4,5)1(6)7/h5-6,10-11,17-18,20-22,29H,1-4,7-9,12-16,19H2;(H,6,7)/q+1;/p-1/t21?,22-,27?;/m0./s1. The van der Waals surface area contributed by atoms with Crippen LogP contribution in [-0.2, 0) is 19.9 Å². The van der Waals surface area contributed by atoms with Crippen LogP contribution in [0.15, 0.2) is 35.0 Å². The normalized spacial score (nSPS) is 25.5. The van der Waals surface area contributed by atoms with Gasteiger partial charge in [-0.15, -0.1) is 22.7 Å². The van der Waals surface area contributed by atoms with Gasteiger partial charge in [0.1, 0.15) is 12.5 Å². The lowest BCUT2D eigenvalue weighted by Gasteiger charge is -2.52. The van der Waals surface area contributed by atoms with E-state index in [4.69, 9.17) is 14.6 Å². The molecule has 4 aliphatic rings. The SMILES string of the molecule is O=C(O[C@H]1C[N+]2(CCCC3CCCCC3)CCC1CC2)C(O)(c1cccs1)c1cccs1.O=C([O-])C(F)(F)F. The van der Waals surface area contributed by atoms with E-state index >= 15 is 0 Å². The molecule has 5 heterocycles. The predicted octanol–water partition coefficient (Wildman–Crippen LogP) is 4.86. The van der Waals surface area contributed by atoms with Gasteiger partial charge in [-0.25, -0.2) is 4.79 Å². The molecule has 2 aromatic heterocycles. The number of piperidine rings is 3. The van der Waals surface area contributed by atoms with Crippen molar-refractivity contribution in [2.75, 3.05) is 26.2 Å². The lowest BCUT2D eigenvalue weighted by molar-refractivity contribution is -0.946. The molecule has 6 rings (SSSR count). The van der Waals surface area contributed by atoms with Gasteiger partial charge in [0, 0.05) is 18.8 Å². The van der Waals surface area contributed by atoms with E-state index < -0.39 is 23.7 Å². The Morgan fingerprint density at radius 1 is 1.00 bits per heavy atom. The number of fused-ring (bicyclic) bond motifs is 3. The van der Waals surface area contributed by atoms with E-state index in [0.717, 1.165) is 29.8 Å². The maximum Gasteiger partial charge on any atom is 0.430 e. The van der Waals surface area contributed by atoms with Crippen LogP contribution in [0.3, 0.4) is 0 Å². The quantitative estimate of drug-likeness (QED) is 0.352. The van der Waals surface area contributed by atoms with Gasteiger partial charge < -0.3 is 24.2 Å². The number of esters is 1. The fraction of sp³-hybridized carbons (Fsp3) is 0.643. The zero-order chi connectivity index (χ0) is 28.1. The number of halogens is 3. The average molecular weight is 588 g/mol. The van der Waals surface area contributed by atoms with Crippen molar-refractivity contribution >= 4 is 34.6 Å². The summed E-state index contributed by atoms with van der Waals surface area (Å²) >= 11 is 2.82. The molecule has 0 amide bonds. The number of hydrogen-bond donors (Lipinski definition) is 1. The summed E-state index contributed by atoms with van der Waals surface area (Å²) in [6, 6.07) is 7.43. The number of rotatable bonds is 8. The zero-order valence-electron chi connectivity index (χ0n) is 21.9. The van der Waals surface area contributed by atoms with E-state index in [1.807, 2.05) is 35.0 Å². The second-order valence-corrected chi connectivity index (χ2v) is 13.0. The molecule has 1 N–H and O–H groups in total. The van der Waals surface area contributed by atoms with Gasteiger partial charge >= 0.3 is 12.1 Å². The maximum absolute atomic E-state index is 13.5. The number of carboxylic acid groups (broad SMARTS) is 1. The topological polar surface area (TPSA) is 86.7 Å². The Bertz CT molecular complexity index is 1030. The highest BCUT2D eigenvalue weighted by atomic mass is 32.1. The highest BCUT2D eigenvalue weighted by Crippen LogP contribution is 2.41. The number of carboxylic acids is 1. The van der Waals surface area contributed by atoms with Crippen molar-refractivity contribution in [3.8, 4) is 0 Å². The van der Waals surface area contributed by atoms with Crippen LogP contribution < -0.4 is 5.11 Å². The number of carbonyl (C=O) groups is 2. The second kappa shape index (κ2) is 12.7. The number of aliphatic hydroxyl groups is 1. The lowest BCUT2D eigenvalue weighted by atomic mass is 9.82. The van der Waals surface area contributed by atoms with Gasteiger partial charge in [0.05, 0.1) is 29.4 Å². The van der Waals surface area contributed by atoms with Crippen LogP contribution in [0.2, 0.25) is 0 Å². The molecule has 216 valence electrons. The zero-order valence-corrected chi connectivity index (χ0v) is 23.5. The molecule has 2 aromatic rings. The van der Waals surface area contributed by atoms with Crippen LogP contribution in [-0.4, -0.2) is 60.0 Å². The third-order valence-corrected chi connectivity index (χ3v) is 10.5. The number of hydrogen-bond acceptors (Lipinski definition) is 7. The van der Waals surface area contributed by atoms with Crippen molar-refractivity contribution in [1.82, 2.24) is 0 Å². The number of ether oxygens (including phenoxy) is 1. The Morgan fingerprint density at radius 2 is 1.56 bits per heavy atom. The van der Waals surface area contributed by atoms with E-state index in [-0.39, 0.29) is 6.10 Å². The molecule has 1 aliphatic carbocycles. The predicted molar refractivity (Wildman–Crippen MR) is 141 cm³/mol. The monoisotopic (exact) mass is 587 g/mol. The summed E-state index contributed by atoms with van der Waals surface area (Å²) in [5.74, 6) is -2.13. The Hall–Kier alpha value is -1.95. The summed E-state index contributed by atoms with van der Waals surface area (Å²) in [4.78, 5) is 23.5. The molecule has 0 radical (unpaired) electrons. The third kappa shape index (κ3) is 7.23. The molecule has 0 spiro atoms. The Labute approximate surface area is 235 Å². The molecule has 39 heavy (non-hydrogen) atoms. The van der Waals surface area contributed by atoms with Crippen molar-refractivity contribution < 1.29 is 42.2 Å². The summed E-state index contributed by atoms with van der Waals surface area (Å²) in [6.07, 6.45) is 6.77. The minimum atomic E-state index is -5.19. The average Bonchev–Trinajstić information content (AvgIpc) is 3.65. The molecule has 4 fully saturated rings. The lowest BCUT2D eigenvalue weighted by Crippen LogP contribution is -2.65. The van der Waals surface area contributed by atoms with Gasteiger partial charge in [-0.05, 0) is 41.7 Å². The van der Waals surface area contributed by atoms with Crippen LogP contribution >= 0.6 is 22.7 Å². The van der Waals surface area contributed by atoms with E-state index in [2.05, 4.69) is 0 Å². The Morgan fingerprint density at radius 3 is 2.05 bits per heavy atom. The first kappa shape index (κ1) is 30.0. The van der Waals surface area contributed by atoms with E-state index in [9.17, 15) is 23.1 Å². The van der Waals surface area contributed by atoms with Crippen LogP contribution in [0.5, 0.6) is 0 Å². The Balaban J connectivity index is 0.000000448. The number of thiophene rings is 2. The van der Waals surface area contributed by atoms with Gasteiger partial charge in [-0.1, -0.05) is 44.2 Å². The van der Waals surface area contributed by atoms with Crippen molar-refractivity contribution in [2.24, 2.45) is 11.8 Å².